The summed E-state index contributed by atoms with van der Waals surface area (Å²) in [7, 11) is 0. The van der Waals surface area contributed by atoms with Gasteiger partial charge in [0.05, 0.1) is 0 Å². The first-order chi connectivity index (χ1) is 24.6. The van der Waals surface area contributed by atoms with Crippen molar-refractivity contribution >= 4 is 29.0 Å². The van der Waals surface area contributed by atoms with E-state index in [1.54, 1.807) is 0 Å². The summed E-state index contributed by atoms with van der Waals surface area (Å²) in [6.07, 6.45) is 5.46. The summed E-state index contributed by atoms with van der Waals surface area (Å²) in [6, 6.07) is 49.5. The lowest BCUT2D eigenvalue weighted by Gasteiger charge is -2.52. The van der Waals surface area contributed by atoms with E-state index < -0.39 is 0 Å². The molecule has 5 heteroatoms. The molecule has 50 heavy (non-hydrogen) atoms. The van der Waals surface area contributed by atoms with Crippen molar-refractivity contribution in [2.24, 2.45) is 11.8 Å². The number of carbonyl (C=O) groups is 1. The van der Waals surface area contributed by atoms with E-state index in [0.717, 1.165) is 46.5 Å². The maximum Gasteiger partial charge on any atom is 0.148 e. The van der Waals surface area contributed by atoms with Gasteiger partial charge in [0.15, 0.2) is 0 Å². The fraction of sp³-hybridized carbons (Fsp3) is 0.222. The SMILES string of the molecule is O=C(C(c1ccccc1)[C@@H]1C[C@@H](c2ccccn2)[C@@H]1c1cccc(Cl)c1)C(c1ccccc1)[C@@H]1C[C@@H](c2ccccn2)[C@@H]1c1cccc(Cl)c1. The minimum Gasteiger partial charge on any atom is -0.298 e. The van der Waals surface area contributed by atoms with Crippen LogP contribution in [0.25, 0.3) is 0 Å². The number of aromatic nitrogens is 2. The Balaban J connectivity index is 1.24. The normalized spacial score (nSPS) is 24.0. The third-order valence-electron chi connectivity index (χ3n) is 11.2. The van der Waals surface area contributed by atoms with Crippen LogP contribution in [-0.4, -0.2) is 15.8 Å². The first-order valence-corrected chi connectivity index (χ1v) is 18.3. The molecule has 248 valence electrons. The summed E-state index contributed by atoms with van der Waals surface area (Å²) >= 11 is 13.2. The molecule has 2 aromatic heterocycles. The smallest absolute Gasteiger partial charge is 0.148 e. The van der Waals surface area contributed by atoms with Crippen LogP contribution >= 0.6 is 23.2 Å². The molecule has 0 amide bonds. The van der Waals surface area contributed by atoms with Crippen LogP contribution in [-0.2, 0) is 4.79 Å². The molecule has 0 saturated heterocycles. The zero-order valence-corrected chi connectivity index (χ0v) is 29.1. The monoisotopic (exact) mass is 692 g/mol. The van der Waals surface area contributed by atoms with Gasteiger partial charge in [-0.05, 0) is 107 Å². The zero-order chi connectivity index (χ0) is 34.0. The highest BCUT2D eigenvalue weighted by Crippen LogP contribution is 2.62. The summed E-state index contributed by atoms with van der Waals surface area (Å²) < 4.78 is 0. The van der Waals surface area contributed by atoms with Gasteiger partial charge in [0.1, 0.15) is 5.78 Å². The second-order valence-electron chi connectivity index (χ2n) is 13.9. The molecule has 3 nitrogen and oxygen atoms in total. The number of pyridine rings is 2. The van der Waals surface area contributed by atoms with Gasteiger partial charge in [-0.25, -0.2) is 0 Å². The molecule has 0 radical (unpaired) electrons. The van der Waals surface area contributed by atoms with Crippen LogP contribution in [0.1, 0.15) is 82.0 Å². The first kappa shape index (κ1) is 32.6. The van der Waals surface area contributed by atoms with E-state index in [1.807, 2.05) is 60.9 Å². The number of rotatable bonds is 10. The number of nitrogens with zero attached hydrogens (tertiary/aromatic N) is 2. The van der Waals surface area contributed by atoms with Crippen molar-refractivity contribution in [2.75, 3.05) is 0 Å². The average Bonchev–Trinajstić information content (AvgIpc) is 3.12. The lowest BCUT2D eigenvalue weighted by molar-refractivity contribution is -0.127. The largest absolute Gasteiger partial charge is 0.298 e. The molecule has 2 aliphatic carbocycles. The molecular weight excluding hydrogens is 655 g/mol. The number of Topliss-reactive ketones (excluding diaryl/α,β-unsaturated/α-hetero) is 1. The Kier molecular flexibility index (Phi) is 9.36. The van der Waals surface area contributed by atoms with E-state index in [9.17, 15) is 0 Å². The predicted octanol–water partition coefficient (Wildman–Crippen LogP) is 11.4. The van der Waals surface area contributed by atoms with Crippen LogP contribution in [0.4, 0.5) is 0 Å². The molecule has 6 aromatic rings. The molecule has 8 atom stereocenters. The summed E-state index contributed by atoms with van der Waals surface area (Å²) in [4.78, 5) is 25.4. The Labute approximate surface area is 304 Å². The molecular formula is C45H38Cl2N2O. The van der Waals surface area contributed by atoms with Crippen molar-refractivity contribution in [1.82, 2.24) is 9.97 Å². The van der Waals surface area contributed by atoms with Gasteiger partial charge in [0, 0.05) is 57.5 Å². The third-order valence-corrected chi connectivity index (χ3v) is 11.7. The number of hydrogen-bond acceptors (Lipinski definition) is 3. The van der Waals surface area contributed by atoms with Crippen LogP contribution in [0.15, 0.2) is 158 Å². The van der Waals surface area contributed by atoms with Gasteiger partial charge in [0.25, 0.3) is 0 Å². The number of hydrogen-bond donors (Lipinski definition) is 0. The second-order valence-corrected chi connectivity index (χ2v) is 14.7. The molecule has 0 bridgehead atoms. The highest BCUT2D eigenvalue weighted by molar-refractivity contribution is 6.30. The summed E-state index contributed by atoms with van der Waals surface area (Å²) in [5.74, 6) is 0.307. The molecule has 0 N–H and O–H groups in total. The minimum atomic E-state index is -0.320. The van der Waals surface area contributed by atoms with Gasteiger partial charge >= 0.3 is 0 Å². The lowest BCUT2D eigenvalue weighted by atomic mass is 9.51. The summed E-state index contributed by atoms with van der Waals surface area (Å²) in [6.45, 7) is 0. The van der Waals surface area contributed by atoms with Crippen LogP contribution in [0, 0.1) is 11.8 Å². The van der Waals surface area contributed by atoms with E-state index in [2.05, 4.69) is 97.1 Å². The van der Waals surface area contributed by atoms with Gasteiger partial charge in [-0.1, -0.05) is 120 Å². The molecule has 0 spiro atoms. The summed E-state index contributed by atoms with van der Waals surface area (Å²) in [5, 5.41) is 1.41. The van der Waals surface area contributed by atoms with Crippen LogP contribution in [0.5, 0.6) is 0 Å². The Bertz CT molecular complexity index is 1910. The Morgan fingerprint density at radius 1 is 0.520 bits per heavy atom. The molecule has 2 saturated carbocycles. The van der Waals surface area contributed by atoms with Crippen LogP contribution in [0.3, 0.4) is 0 Å². The van der Waals surface area contributed by atoms with Crippen molar-refractivity contribution in [3.63, 3.8) is 0 Å². The topological polar surface area (TPSA) is 42.9 Å². The molecule has 2 aliphatic rings. The highest BCUT2D eigenvalue weighted by atomic mass is 35.5. The fourth-order valence-corrected chi connectivity index (χ4v) is 9.41. The average molecular weight is 694 g/mol. The first-order valence-electron chi connectivity index (χ1n) is 17.5. The molecule has 2 heterocycles. The second kappa shape index (κ2) is 14.3. The number of halogens is 2. The van der Waals surface area contributed by atoms with Crippen molar-refractivity contribution in [1.29, 1.82) is 0 Å². The maximum atomic E-state index is 15.8. The van der Waals surface area contributed by atoms with E-state index >= 15 is 4.79 Å². The highest BCUT2D eigenvalue weighted by Gasteiger charge is 2.54. The Morgan fingerprint density at radius 2 is 0.940 bits per heavy atom. The molecule has 8 rings (SSSR count). The maximum absolute atomic E-state index is 15.8. The molecule has 2 fully saturated rings. The molecule has 4 aromatic carbocycles. The van der Waals surface area contributed by atoms with E-state index in [-0.39, 0.29) is 53.1 Å². The predicted molar refractivity (Wildman–Crippen MR) is 202 cm³/mol. The molecule has 0 aliphatic heterocycles. The standard InChI is InChI=1S/C45H38Cl2N2O/c46-33-19-11-17-31(25-33)41-35(39-21-7-9-23-48-39)27-37(41)43(29-13-3-1-4-14-29)45(50)44(30-15-5-2-6-16-30)38-28-36(40-22-8-10-24-49-40)42(38)32-18-12-20-34(47)26-32/h1-26,35-38,41-44H,27-28H2/t35-,36-,37+,38+,41-,42-,43?,44?/m0/s1. The number of carbonyl (C=O) groups excluding carboxylic acids is 1. The van der Waals surface area contributed by atoms with Crippen molar-refractivity contribution < 1.29 is 4.79 Å². The third kappa shape index (κ3) is 6.30. The van der Waals surface area contributed by atoms with Crippen LogP contribution < -0.4 is 0 Å². The zero-order valence-electron chi connectivity index (χ0n) is 27.6. The van der Waals surface area contributed by atoms with Gasteiger partial charge in [-0.15, -0.1) is 0 Å². The number of ketones is 1. The molecule has 2 unspecified atom stereocenters. The minimum absolute atomic E-state index is 0.0675. The van der Waals surface area contributed by atoms with Crippen LogP contribution in [0.2, 0.25) is 10.0 Å². The van der Waals surface area contributed by atoms with Crippen molar-refractivity contribution in [3.05, 3.63) is 202 Å². The lowest BCUT2D eigenvalue weighted by Crippen LogP contribution is -2.45. The Morgan fingerprint density at radius 3 is 1.32 bits per heavy atom. The van der Waals surface area contributed by atoms with Gasteiger partial charge in [-0.3, -0.25) is 14.8 Å². The van der Waals surface area contributed by atoms with E-state index in [4.69, 9.17) is 33.2 Å². The van der Waals surface area contributed by atoms with Gasteiger partial charge < -0.3 is 0 Å². The van der Waals surface area contributed by atoms with Crippen molar-refractivity contribution in [3.8, 4) is 0 Å². The van der Waals surface area contributed by atoms with Gasteiger partial charge in [-0.2, -0.15) is 0 Å². The summed E-state index contributed by atoms with van der Waals surface area (Å²) in [5.41, 5.74) is 6.57. The van der Waals surface area contributed by atoms with Crippen molar-refractivity contribution in [2.45, 2.75) is 48.3 Å². The number of benzene rings is 4. The quantitative estimate of drug-likeness (QED) is 0.143. The fourth-order valence-electron chi connectivity index (χ4n) is 9.01. The van der Waals surface area contributed by atoms with E-state index in [0.29, 0.717) is 10.0 Å². The Hall–Kier alpha value is -4.57. The van der Waals surface area contributed by atoms with E-state index in [1.165, 1.54) is 0 Å². The van der Waals surface area contributed by atoms with Gasteiger partial charge in [0.2, 0.25) is 0 Å².